The summed E-state index contributed by atoms with van der Waals surface area (Å²) in [5.41, 5.74) is 3.21. The van der Waals surface area contributed by atoms with E-state index < -0.39 is 0 Å². The van der Waals surface area contributed by atoms with Crippen molar-refractivity contribution in [1.82, 2.24) is 34.8 Å². The molecule has 5 aromatic rings. The number of amides is 1. The SMILES string of the molecule is CCOCc1ccc(C(=O)N[C@H]2CCC[C@@H](n3cc(F)c4cnc(-c5c[nH]c6ncc(Cl)cc56)nc43)C2)nc1. The van der Waals surface area contributed by atoms with E-state index in [1.165, 1.54) is 12.4 Å². The number of carbonyl (C=O) groups is 1. The van der Waals surface area contributed by atoms with Crippen molar-refractivity contribution >= 4 is 39.6 Å². The van der Waals surface area contributed by atoms with E-state index in [4.69, 9.17) is 21.3 Å². The monoisotopic (exact) mass is 547 g/mol. The van der Waals surface area contributed by atoms with Crippen LogP contribution in [0.4, 0.5) is 4.39 Å². The van der Waals surface area contributed by atoms with Crippen LogP contribution in [0.15, 0.2) is 49.2 Å². The molecule has 1 aliphatic rings. The van der Waals surface area contributed by atoms with Crippen LogP contribution >= 0.6 is 11.6 Å². The Morgan fingerprint density at radius 3 is 2.92 bits per heavy atom. The maximum Gasteiger partial charge on any atom is 0.270 e. The van der Waals surface area contributed by atoms with Gasteiger partial charge in [0.2, 0.25) is 0 Å². The molecule has 2 N–H and O–H groups in total. The molecule has 0 unspecified atom stereocenters. The van der Waals surface area contributed by atoms with E-state index >= 15 is 0 Å². The van der Waals surface area contributed by atoms with E-state index in [9.17, 15) is 9.18 Å². The molecule has 9 nitrogen and oxygen atoms in total. The number of aromatic amines is 1. The van der Waals surface area contributed by atoms with Gasteiger partial charge in [-0.1, -0.05) is 17.7 Å². The number of pyridine rings is 2. The topological polar surface area (TPSA) is 111 Å². The Kier molecular flexibility index (Phi) is 6.97. The Bertz CT molecular complexity index is 1650. The summed E-state index contributed by atoms with van der Waals surface area (Å²) in [6.07, 6.45) is 11.3. The van der Waals surface area contributed by atoms with Crippen LogP contribution in [-0.2, 0) is 11.3 Å². The third-order valence-electron chi connectivity index (χ3n) is 7.17. The molecule has 200 valence electrons. The van der Waals surface area contributed by atoms with Gasteiger partial charge in [0, 0.05) is 60.6 Å². The fraction of sp³-hybridized carbons (Fsp3) is 0.321. The predicted octanol–water partition coefficient (Wildman–Crippen LogP) is 5.61. The Morgan fingerprint density at radius 1 is 1.21 bits per heavy atom. The summed E-state index contributed by atoms with van der Waals surface area (Å²) in [5.74, 6) is -0.136. The molecule has 39 heavy (non-hydrogen) atoms. The Morgan fingerprint density at radius 2 is 2.10 bits per heavy atom. The lowest BCUT2D eigenvalue weighted by Gasteiger charge is -2.31. The number of nitrogens with one attached hydrogen (secondary N) is 2. The molecule has 5 heterocycles. The van der Waals surface area contributed by atoms with Gasteiger partial charge in [-0.3, -0.25) is 9.78 Å². The van der Waals surface area contributed by atoms with Crippen molar-refractivity contribution in [2.45, 2.75) is 51.3 Å². The molecule has 1 amide bonds. The second kappa shape index (κ2) is 10.7. The average molecular weight is 548 g/mol. The third kappa shape index (κ3) is 5.09. The Hall–Kier alpha value is -3.89. The van der Waals surface area contributed by atoms with Crippen LogP contribution in [0, 0.1) is 5.82 Å². The highest BCUT2D eigenvalue weighted by atomic mass is 35.5. The zero-order valence-corrected chi connectivity index (χ0v) is 22.1. The summed E-state index contributed by atoms with van der Waals surface area (Å²) in [5, 5.41) is 4.77. The van der Waals surface area contributed by atoms with Gasteiger partial charge in [0.15, 0.2) is 11.6 Å². The van der Waals surface area contributed by atoms with Gasteiger partial charge in [-0.25, -0.2) is 19.3 Å². The van der Waals surface area contributed by atoms with Crippen molar-refractivity contribution in [3.63, 3.8) is 0 Å². The molecular weight excluding hydrogens is 521 g/mol. The summed E-state index contributed by atoms with van der Waals surface area (Å²) in [7, 11) is 0. The smallest absolute Gasteiger partial charge is 0.270 e. The zero-order valence-electron chi connectivity index (χ0n) is 21.3. The van der Waals surface area contributed by atoms with Crippen LogP contribution in [-0.4, -0.2) is 48.0 Å². The third-order valence-corrected chi connectivity index (χ3v) is 7.37. The largest absolute Gasteiger partial charge is 0.377 e. The number of carbonyl (C=O) groups excluding carboxylic acids is 1. The lowest BCUT2D eigenvalue weighted by Crippen LogP contribution is -2.39. The summed E-state index contributed by atoms with van der Waals surface area (Å²) in [6, 6.07) is 5.28. The first kappa shape index (κ1) is 25.4. The second-order valence-electron chi connectivity index (χ2n) is 9.75. The minimum absolute atomic E-state index is 0.0283. The maximum atomic E-state index is 15.0. The number of fused-ring (bicyclic) bond motifs is 2. The second-order valence-corrected chi connectivity index (χ2v) is 10.2. The van der Waals surface area contributed by atoms with Crippen molar-refractivity contribution in [2.75, 3.05) is 6.61 Å². The molecule has 1 fully saturated rings. The average Bonchev–Trinajstić information content (AvgIpc) is 3.52. The number of H-pyrrole nitrogens is 1. The van der Waals surface area contributed by atoms with Gasteiger partial charge in [0.25, 0.3) is 5.91 Å². The molecule has 2 atom stereocenters. The zero-order chi connectivity index (χ0) is 26.9. The summed E-state index contributed by atoms with van der Waals surface area (Å²) >= 11 is 6.16. The summed E-state index contributed by atoms with van der Waals surface area (Å²) in [4.78, 5) is 33.8. The van der Waals surface area contributed by atoms with Gasteiger partial charge >= 0.3 is 0 Å². The number of rotatable bonds is 7. The van der Waals surface area contributed by atoms with E-state index in [0.717, 1.165) is 35.8 Å². The quantitative estimate of drug-likeness (QED) is 0.274. The molecular formula is C28H27ClFN7O2. The highest BCUT2D eigenvalue weighted by molar-refractivity contribution is 6.31. The van der Waals surface area contributed by atoms with Crippen LogP contribution in [0.25, 0.3) is 33.5 Å². The van der Waals surface area contributed by atoms with Gasteiger partial charge in [-0.15, -0.1) is 0 Å². The van der Waals surface area contributed by atoms with E-state index in [1.54, 1.807) is 30.7 Å². The van der Waals surface area contributed by atoms with Crippen molar-refractivity contribution < 1.29 is 13.9 Å². The molecule has 1 aliphatic carbocycles. The molecule has 0 saturated heterocycles. The number of hydrogen-bond donors (Lipinski definition) is 2. The molecule has 0 radical (unpaired) electrons. The van der Waals surface area contributed by atoms with Gasteiger partial charge in [0.1, 0.15) is 17.0 Å². The lowest BCUT2D eigenvalue weighted by atomic mass is 9.90. The maximum absolute atomic E-state index is 15.0. The van der Waals surface area contributed by atoms with Gasteiger partial charge in [-0.2, -0.15) is 0 Å². The highest BCUT2D eigenvalue weighted by Crippen LogP contribution is 2.34. The van der Waals surface area contributed by atoms with Crippen molar-refractivity contribution in [1.29, 1.82) is 0 Å². The van der Waals surface area contributed by atoms with Crippen molar-refractivity contribution in [2.24, 2.45) is 0 Å². The Labute approximate surface area is 228 Å². The van der Waals surface area contributed by atoms with Gasteiger partial charge < -0.3 is 19.6 Å². The first-order valence-corrected chi connectivity index (χ1v) is 13.4. The highest BCUT2D eigenvalue weighted by Gasteiger charge is 2.27. The van der Waals surface area contributed by atoms with Crippen molar-refractivity contribution in [3.8, 4) is 11.4 Å². The number of ether oxygens (including phenoxy) is 1. The molecule has 1 saturated carbocycles. The van der Waals surface area contributed by atoms with Crippen LogP contribution in [0.2, 0.25) is 5.02 Å². The standard InChI is InChI=1S/C28H27ClFN7O2/c1-2-39-15-16-6-7-24(31-10-16)28(38)35-18-4-3-5-19(9-18)37-14-23(30)22-13-34-26(36-27(22)37)21-12-33-25-20(21)8-17(29)11-32-25/h6-8,10-14,18-19H,2-5,9,15H2,1H3,(H,32,33)(H,35,38)/t18-,19+/m0/s1. The minimum atomic E-state index is -0.373. The summed E-state index contributed by atoms with van der Waals surface area (Å²) < 4.78 is 22.2. The number of nitrogens with zero attached hydrogens (tertiary/aromatic N) is 5. The minimum Gasteiger partial charge on any atom is -0.377 e. The molecule has 0 bridgehead atoms. The van der Waals surface area contributed by atoms with E-state index in [2.05, 4.69) is 25.3 Å². The van der Waals surface area contributed by atoms with Crippen LogP contribution < -0.4 is 5.32 Å². The van der Waals surface area contributed by atoms with Crippen molar-refractivity contribution in [3.05, 3.63) is 71.3 Å². The number of halogens is 2. The first-order valence-electron chi connectivity index (χ1n) is 13.0. The number of aromatic nitrogens is 6. The number of hydrogen-bond acceptors (Lipinski definition) is 6. The van der Waals surface area contributed by atoms with E-state index in [-0.39, 0.29) is 23.8 Å². The first-order chi connectivity index (χ1) is 19.0. The molecule has 0 spiro atoms. The normalized spacial score (nSPS) is 17.6. The summed E-state index contributed by atoms with van der Waals surface area (Å²) in [6.45, 7) is 3.02. The fourth-order valence-corrected chi connectivity index (χ4v) is 5.39. The molecule has 5 aromatic heterocycles. The lowest BCUT2D eigenvalue weighted by molar-refractivity contribution is 0.0915. The molecule has 6 rings (SSSR count). The predicted molar refractivity (Wildman–Crippen MR) is 146 cm³/mol. The molecule has 11 heteroatoms. The van der Waals surface area contributed by atoms with Crippen LogP contribution in [0.5, 0.6) is 0 Å². The van der Waals surface area contributed by atoms with E-state index in [1.807, 2.05) is 17.6 Å². The molecule has 0 aromatic carbocycles. The van der Waals surface area contributed by atoms with E-state index in [0.29, 0.717) is 52.9 Å². The van der Waals surface area contributed by atoms with Gasteiger partial charge in [-0.05, 0) is 50.3 Å². The molecule has 0 aliphatic heterocycles. The Balaban J connectivity index is 1.23. The van der Waals surface area contributed by atoms with Gasteiger partial charge in [0.05, 0.1) is 17.0 Å². The fourth-order valence-electron chi connectivity index (χ4n) is 5.23. The van der Waals surface area contributed by atoms with Crippen LogP contribution in [0.1, 0.15) is 54.7 Å². The van der Waals surface area contributed by atoms with Crippen LogP contribution in [0.3, 0.4) is 0 Å².